The van der Waals surface area contributed by atoms with Crippen LogP contribution in [-0.2, 0) is 9.59 Å². The summed E-state index contributed by atoms with van der Waals surface area (Å²) in [6.45, 7) is 1.29. The third kappa shape index (κ3) is 6.78. The van der Waals surface area contributed by atoms with Gasteiger partial charge in [-0.2, -0.15) is 0 Å². The molecule has 0 saturated carbocycles. The molecule has 0 aliphatic carbocycles. The number of anilines is 1. The number of benzene rings is 3. The van der Waals surface area contributed by atoms with Crippen molar-refractivity contribution in [1.29, 1.82) is 0 Å². The first-order valence-electron chi connectivity index (χ1n) is 9.87. The summed E-state index contributed by atoms with van der Waals surface area (Å²) in [6.07, 6.45) is 1.51. The molecular weight excluding hydrogens is 488 g/mol. The van der Waals surface area contributed by atoms with E-state index in [1.165, 1.54) is 20.1 Å². The van der Waals surface area contributed by atoms with Gasteiger partial charge in [-0.05, 0) is 60.2 Å². The minimum atomic E-state index is -0.510. The Balaban J connectivity index is 1.93. The van der Waals surface area contributed by atoms with Gasteiger partial charge in [0.25, 0.3) is 11.8 Å². The summed E-state index contributed by atoms with van der Waals surface area (Å²) in [6, 6.07) is 20.4. The third-order valence-corrected chi connectivity index (χ3v) is 4.91. The first kappa shape index (κ1) is 23.7. The number of hydrogen-bond acceptors (Lipinski definition) is 5. The van der Waals surface area contributed by atoms with Gasteiger partial charge in [-0.25, -0.2) is 0 Å². The molecule has 0 aliphatic rings. The molecule has 33 heavy (non-hydrogen) atoms. The molecule has 0 unspecified atom stereocenters. The summed E-state index contributed by atoms with van der Waals surface area (Å²) in [5.74, 6) is -0.875. The van der Waals surface area contributed by atoms with Crippen LogP contribution >= 0.6 is 15.9 Å². The van der Waals surface area contributed by atoms with Crippen molar-refractivity contribution in [3.05, 3.63) is 94.1 Å². The lowest BCUT2D eigenvalue weighted by Crippen LogP contribution is -2.30. The van der Waals surface area contributed by atoms with Crippen LogP contribution in [-0.4, -0.2) is 24.9 Å². The van der Waals surface area contributed by atoms with Crippen molar-refractivity contribution in [3.63, 3.8) is 0 Å². The summed E-state index contributed by atoms with van der Waals surface area (Å²) in [4.78, 5) is 37.0. The molecule has 0 radical (unpaired) electrons. The number of esters is 1. The van der Waals surface area contributed by atoms with Crippen LogP contribution in [0.4, 0.5) is 5.69 Å². The highest BCUT2D eigenvalue weighted by Crippen LogP contribution is 2.29. The van der Waals surface area contributed by atoms with Crippen LogP contribution in [0.2, 0.25) is 0 Å². The van der Waals surface area contributed by atoms with Gasteiger partial charge in [0.15, 0.2) is 11.5 Å². The van der Waals surface area contributed by atoms with Gasteiger partial charge in [-0.15, -0.1) is 0 Å². The molecule has 0 saturated heterocycles. The molecule has 0 spiro atoms. The predicted octanol–water partition coefficient (Wildman–Crippen LogP) is 4.79. The van der Waals surface area contributed by atoms with Crippen molar-refractivity contribution < 1.29 is 23.9 Å². The van der Waals surface area contributed by atoms with E-state index in [1.807, 2.05) is 0 Å². The van der Waals surface area contributed by atoms with E-state index in [0.29, 0.717) is 22.6 Å². The molecule has 0 aliphatic heterocycles. The molecule has 0 fully saturated rings. The van der Waals surface area contributed by atoms with Gasteiger partial charge in [0.2, 0.25) is 0 Å². The van der Waals surface area contributed by atoms with Gasteiger partial charge < -0.3 is 20.1 Å². The van der Waals surface area contributed by atoms with E-state index in [2.05, 4.69) is 26.6 Å². The first-order chi connectivity index (χ1) is 15.9. The van der Waals surface area contributed by atoms with Crippen molar-refractivity contribution >= 4 is 45.5 Å². The van der Waals surface area contributed by atoms with Gasteiger partial charge in [-0.3, -0.25) is 14.4 Å². The minimum Gasteiger partial charge on any atom is -0.493 e. The fraction of sp³-hybridized carbons (Fsp3) is 0.0800. The average Bonchev–Trinajstić information content (AvgIpc) is 2.81. The predicted molar refractivity (Wildman–Crippen MR) is 129 cm³/mol. The Morgan fingerprint density at radius 2 is 1.61 bits per heavy atom. The minimum absolute atomic E-state index is 0.0223. The molecular formula is C25H21BrN2O5. The van der Waals surface area contributed by atoms with Crippen molar-refractivity contribution in [2.24, 2.45) is 0 Å². The fourth-order valence-corrected chi connectivity index (χ4v) is 3.12. The van der Waals surface area contributed by atoms with Gasteiger partial charge in [0, 0.05) is 22.6 Å². The van der Waals surface area contributed by atoms with Gasteiger partial charge in [0.1, 0.15) is 5.70 Å². The second-order valence-corrected chi connectivity index (χ2v) is 7.76. The van der Waals surface area contributed by atoms with E-state index in [-0.39, 0.29) is 11.4 Å². The quantitative estimate of drug-likeness (QED) is 0.271. The zero-order chi connectivity index (χ0) is 23.8. The van der Waals surface area contributed by atoms with Crippen LogP contribution in [0.25, 0.3) is 6.08 Å². The number of nitrogens with one attached hydrogen (secondary N) is 2. The summed E-state index contributed by atoms with van der Waals surface area (Å²) < 4.78 is 11.3. The third-order valence-electron chi connectivity index (χ3n) is 4.38. The van der Waals surface area contributed by atoms with Crippen LogP contribution in [0.5, 0.6) is 11.5 Å². The Morgan fingerprint density at radius 1 is 0.909 bits per heavy atom. The molecule has 2 amide bonds. The molecule has 0 atom stereocenters. The van der Waals surface area contributed by atoms with Crippen LogP contribution in [0.15, 0.2) is 83.0 Å². The number of methoxy groups -OCH3 is 1. The van der Waals surface area contributed by atoms with E-state index in [1.54, 1.807) is 72.8 Å². The zero-order valence-corrected chi connectivity index (χ0v) is 19.5. The van der Waals surface area contributed by atoms with Gasteiger partial charge in [-0.1, -0.05) is 40.2 Å². The van der Waals surface area contributed by atoms with Crippen molar-refractivity contribution in [3.8, 4) is 11.5 Å². The zero-order valence-electron chi connectivity index (χ0n) is 17.9. The maximum Gasteiger partial charge on any atom is 0.308 e. The van der Waals surface area contributed by atoms with E-state index in [4.69, 9.17) is 9.47 Å². The molecule has 0 bridgehead atoms. The van der Waals surface area contributed by atoms with Crippen molar-refractivity contribution in [2.75, 3.05) is 12.4 Å². The second-order valence-electron chi connectivity index (χ2n) is 6.84. The number of halogens is 1. The van der Waals surface area contributed by atoms with Crippen LogP contribution in [0.3, 0.4) is 0 Å². The van der Waals surface area contributed by atoms with Crippen molar-refractivity contribution in [2.45, 2.75) is 6.92 Å². The molecule has 8 heteroatoms. The number of carbonyl (C=O) groups excluding carboxylic acids is 3. The van der Waals surface area contributed by atoms with Crippen molar-refractivity contribution in [1.82, 2.24) is 5.32 Å². The molecule has 168 valence electrons. The Morgan fingerprint density at radius 3 is 2.24 bits per heavy atom. The van der Waals surface area contributed by atoms with Crippen LogP contribution < -0.4 is 20.1 Å². The summed E-state index contributed by atoms with van der Waals surface area (Å²) >= 11 is 3.35. The van der Waals surface area contributed by atoms with E-state index in [0.717, 1.165) is 4.47 Å². The highest BCUT2D eigenvalue weighted by molar-refractivity contribution is 9.10. The van der Waals surface area contributed by atoms with Crippen LogP contribution in [0.1, 0.15) is 22.8 Å². The first-order valence-corrected chi connectivity index (χ1v) is 10.7. The average molecular weight is 509 g/mol. The SMILES string of the molecule is COc1cc(C=C(NC(=O)c2ccccc2)C(=O)Nc2ccc(Br)cc2)ccc1OC(C)=O. The lowest BCUT2D eigenvalue weighted by molar-refractivity contribution is -0.132. The number of amides is 2. The largest absolute Gasteiger partial charge is 0.493 e. The number of ether oxygens (including phenoxy) is 2. The summed E-state index contributed by atoms with van der Waals surface area (Å²) in [7, 11) is 1.44. The standard InChI is InChI=1S/C25H21BrN2O5/c1-16(29)33-22-13-8-17(15-23(22)32-2)14-21(28-24(30)18-6-4-3-5-7-18)25(31)27-20-11-9-19(26)10-12-20/h3-15H,1-2H3,(H,27,31)(H,28,30). The Hall–Kier alpha value is -3.91. The number of carbonyl (C=O) groups is 3. The van der Waals surface area contributed by atoms with E-state index >= 15 is 0 Å². The Labute approximate surface area is 199 Å². The van der Waals surface area contributed by atoms with E-state index < -0.39 is 17.8 Å². The van der Waals surface area contributed by atoms with Crippen LogP contribution in [0, 0.1) is 0 Å². The topological polar surface area (TPSA) is 93.7 Å². The summed E-state index contributed by atoms with van der Waals surface area (Å²) in [5.41, 5.74) is 1.54. The molecule has 7 nitrogen and oxygen atoms in total. The molecule has 0 aromatic heterocycles. The number of rotatable bonds is 7. The summed E-state index contributed by atoms with van der Waals surface area (Å²) in [5, 5.41) is 5.44. The molecule has 3 aromatic carbocycles. The highest BCUT2D eigenvalue weighted by Gasteiger charge is 2.16. The fourth-order valence-electron chi connectivity index (χ4n) is 2.85. The second kappa shape index (κ2) is 11.1. The molecule has 3 rings (SSSR count). The monoisotopic (exact) mass is 508 g/mol. The molecule has 3 aromatic rings. The highest BCUT2D eigenvalue weighted by atomic mass is 79.9. The lowest BCUT2D eigenvalue weighted by Gasteiger charge is -2.13. The van der Waals surface area contributed by atoms with Gasteiger partial charge in [0.05, 0.1) is 7.11 Å². The van der Waals surface area contributed by atoms with E-state index in [9.17, 15) is 14.4 Å². The number of hydrogen-bond donors (Lipinski definition) is 2. The van der Waals surface area contributed by atoms with Gasteiger partial charge >= 0.3 is 5.97 Å². The molecule has 0 heterocycles. The normalized spacial score (nSPS) is 10.8. The smallest absolute Gasteiger partial charge is 0.308 e. The molecule has 2 N–H and O–H groups in total. The Kier molecular flexibility index (Phi) is 7.99. The lowest BCUT2D eigenvalue weighted by atomic mass is 10.1. The maximum atomic E-state index is 13.0. The maximum absolute atomic E-state index is 13.0. The Bertz CT molecular complexity index is 1190.